The van der Waals surface area contributed by atoms with Gasteiger partial charge in [-0.15, -0.1) is 0 Å². The van der Waals surface area contributed by atoms with E-state index in [0.29, 0.717) is 43.9 Å². The van der Waals surface area contributed by atoms with Crippen molar-refractivity contribution in [2.75, 3.05) is 26.2 Å². The fraction of sp³-hybridized carbons (Fsp3) is 0.484. The first-order valence-electron chi connectivity index (χ1n) is 14.0. The first kappa shape index (κ1) is 31.6. The molecule has 1 fully saturated rings. The van der Waals surface area contributed by atoms with E-state index in [2.05, 4.69) is 5.32 Å². The van der Waals surface area contributed by atoms with Gasteiger partial charge < -0.3 is 30.3 Å². The van der Waals surface area contributed by atoms with Crippen LogP contribution in [0.4, 0.5) is 4.79 Å². The van der Waals surface area contributed by atoms with Crippen molar-refractivity contribution in [2.45, 2.75) is 65.1 Å². The predicted octanol–water partition coefficient (Wildman–Crippen LogP) is 3.39. The molecule has 10 nitrogen and oxygen atoms in total. The van der Waals surface area contributed by atoms with Crippen LogP contribution in [0, 0.1) is 5.92 Å². The fourth-order valence-corrected chi connectivity index (χ4v) is 4.41. The highest BCUT2D eigenvalue weighted by atomic mass is 16.6. The summed E-state index contributed by atoms with van der Waals surface area (Å²) < 4.78 is 11.1. The smallest absolute Gasteiger partial charge is 0.415 e. The molecule has 3 amide bonds. The van der Waals surface area contributed by atoms with Crippen molar-refractivity contribution in [3.8, 4) is 5.75 Å². The largest absolute Gasteiger partial charge is 0.458 e. The van der Waals surface area contributed by atoms with Crippen molar-refractivity contribution in [1.29, 1.82) is 0 Å². The molecule has 0 aromatic heterocycles. The average molecular weight is 567 g/mol. The third-order valence-electron chi connectivity index (χ3n) is 6.48. The van der Waals surface area contributed by atoms with Gasteiger partial charge in [0, 0.05) is 38.2 Å². The van der Waals surface area contributed by atoms with Gasteiger partial charge in [0.25, 0.3) is 5.91 Å². The number of amides is 3. The van der Waals surface area contributed by atoms with Gasteiger partial charge in [0.1, 0.15) is 17.4 Å². The third-order valence-corrected chi connectivity index (χ3v) is 6.48. The van der Waals surface area contributed by atoms with Crippen molar-refractivity contribution < 1.29 is 28.7 Å². The van der Waals surface area contributed by atoms with Gasteiger partial charge in [-0.05, 0) is 62.9 Å². The fourth-order valence-electron chi connectivity index (χ4n) is 4.41. The number of ether oxygens (including phenoxy) is 2. The quantitative estimate of drug-likeness (QED) is 0.445. The zero-order chi connectivity index (χ0) is 30.2. The summed E-state index contributed by atoms with van der Waals surface area (Å²) in [5.74, 6) is -0.448. The first-order valence-corrected chi connectivity index (χ1v) is 14.0. The van der Waals surface area contributed by atoms with Gasteiger partial charge in [-0.2, -0.15) is 0 Å². The average Bonchev–Trinajstić information content (AvgIpc) is 2.92. The van der Waals surface area contributed by atoms with Gasteiger partial charge in [-0.3, -0.25) is 9.59 Å². The van der Waals surface area contributed by atoms with Crippen LogP contribution in [0.5, 0.6) is 5.75 Å². The number of carbonyl (C=O) groups is 4. The van der Waals surface area contributed by atoms with Crippen LogP contribution in [0.15, 0.2) is 54.6 Å². The second-order valence-electron chi connectivity index (χ2n) is 11.7. The Bertz CT molecular complexity index is 1190. The molecule has 0 aliphatic carbocycles. The van der Waals surface area contributed by atoms with E-state index >= 15 is 0 Å². The number of benzene rings is 2. The van der Waals surface area contributed by atoms with Gasteiger partial charge in [0.05, 0.1) is 6.04 Å². The van der Waals surface area contributed by atoms with Crippen LogP contribution < -0.4 is 15.8 Å². The molecule has 0 bridgehead atoms. The molecule has 3 N–H and O–H groups in total. The monoisotopic (exact) mass is 566 g/mol. The van der Waals surface area contributed by atoms with E-state index in [9.17, 15) is 19.2 Å². The minimum atomic E-state index is -0.928. The molecule has 0 radical (unpaired) electrons. The highest BCUT2D eigenvalue weighted by molar-refractivity contribution is 5.94. The van der Waals surface area contributed by atoms with Crippen LogP contribution in [0.1, 0.15) is 57.0 Å². The van der Waals surface area contributed by atoms with Crippen molar-refractivity contribution >= 4 is 23.9 Å². The van der Waals surface area contributed by atoms with Crippen molar-refractivity contribution in [2.24, 2.45) is 11.7 Å². The Morgan fingerprint density at radius 3 is 2.05 bits per heavy atom. The summed E-state index contributed by atoms with van der Waals surface area (Å²) >= 11 is 0. The lowest BCUT2D eigenvalue weighted by atomic mass is 10.0. The van der Waals surface area contributed by atoms with Gasteiger partial charge in [-0.1, -0.05) is 44.2 Å². The number of rotatable bonds is 9. The number of carbonyl (C=O) groups excluding carboxylic acids is 4. The number of nitrogens with one attached hydrogen (secondary N) is 1. The van der Waals surface area contributed by atoms with Crippen LogP contribution >= 0.6 is 0 Å². The Labute approximate surface area is 242 Å². The summed E-state index contributed by atoms with van der Waals surface area (Å²) in [6, 6.07) is 14.1. The number of piperazine rings is 1. The molecule has 0 unspecified atom stereocenters. The highest BCUT2D eigenvalue weighted by Gasteiger charge is 2.29. The molecule has 2 atom stereocenters. The van der Waals surface area contributed by atoms with Crippen LogP contribution in [-0.2, 0) is 20.7 Å². The Hall–Kier alpha value is -3.92. The first-order chi connectivity index (χ1) is 19.3. The molecular weight excluding hydrogens is 524 g/mol. The molecule has 1 heterocycles. The summed E-state index contributed by atoms with van der Waals surface area (Å²) in [6.07, 6.45) is 0.175. The van der Waals surface area contributed by atoms with Gasteiger partial charge in [0.15, 0.2) is 0 Å². The summed E-state index contributed by atoms with van der Waals surface area (Å²) in [6.45, 7) is 10.8. The lowest BCUT2D eigenvalue weighted by molar-refractivity contribution is -0.158. The van der Waals surface area contributed by atoms with Gasteiger partial charge >= 0.3 is 12.1 Å². The second kappa shape index (κ2) is 14.1. The van der Waals surface area contributed by atoms with Gasteiger partial charge in [0.2, 0.25) is 5.91 Å². The summed E-state index contributed by atoms with van der Waals surface area (Å²) in [4.78, 5) is 54.3. The minimum absolute atomic E-state index is 0.0583. The van der Waals surface area contributed by atoms with Crippen molar-refractivity contribution in [1.82, 2.24) is 15.1 Å². The lowest BCUT2D eigenvalue weighted by Gasteiger charge is -2.34. The number of hydrogen-bond donors (Lipinski definition) is 2. The van der Waals surface area contributed by atoms with E-state index in [1.165, 1.54) is 0 Å². The maximum atomic E-state index is 12.9. The molecular formula is C31H42N4O6. The zero-order valence-corrected chi connectivity index (χ0v) is 24.6. The molecule has 3 rings (SSSR count). The van der Waals surface area contributed by atoms with E-state index < -0.39 is 35.7 Å². The van der Waals surface area contributed by atoms with Crippen LogP contribution in [0.3, 0.4) is 0 Å². The van der Waals surface area contributed by atoms with Gasteiger partial charge in [-0.25, -0.2) is 9.59 Å². The molecule has 10 heteroatoms. The number of esters is 1. The maximum absolute atomic E-state index is 12.9. The molecule has 0 saturated carbocycles. The highest BCUT2D eigenvalue weighted by Crippen LogP contribution is 2.18. The Balaban J connectivity index is 1.57. The second-order valence-corrected chi connectivity index (χ2v) is 11.7. The zero-order valence-electron chi connectivity index (χ0n) is 24.6. The summed E-state index contributed by atoms with van der Waals surface area (Å²) in [7, 11) is 0. The molecule has 2 aromatic rings. The van der Waals surface area contributed by atoms with Crippen LogP contribution in [0.25, 0.3) is 0 Å². The van der Waals surface area contributed by atoms with E-state index in [1.54, 1.807) is 67.0 Å². The van der Waals surface area contributed by atoms with Crippen molar-refractivity contribution in [3.63, 3.8) is 0 Å². The van der Waals surface area contributed by atoms with E-state index in [-0.39, 0.29) is 18.2 Å². The summed E-state index contributed by atoms with van der Waals surface area (Å²) in [5, 5.41) is 2.75. The van der Waals surface area contributed by atoms with E-state index in [4.69, 9.17) is 15.2 Å². The Morgan fingerprint density at radius 1 is 0.902 bits per heavy atom. The molecule has 222 valence electrons. The van der Waals surface area contributed by atoms with Crippen LogP contribution in [0.2, 0.25) is 0 Å². The topological polar surface area (TPSA) is 131 Å². The summed E-state index contributed by atoms with van der Waals surface area (Å²) in [5.41, 5.74) is 6.67. The SMILES string of the molecule is CC(C)C[C@H](N)C(=O)N[C@@H](Cc1ccc(OC(=O)N2CCN(C(=O)c3ccccc3)CC2)cc1)C(=O)OC(C)(C)C. The molecule has 1 saturated heterocycles. The molecule has 41 heavy (non-hydrogen) atoms. The Kier molecular flexibility index (Phi) is 10.9. The Morgan fingerprint density at radius 2 is 1.49 bits per heavy atom. The third kappa shape index (κ3) is 9.89. The lowest BCUT2D eigenvalue weighted by Crippen LogP contribution is -2.51. The molecule has 0 spiro atoms. The molecule has 2 aromatic carbocycles. The standard InChI is InChI=1S/C31H42N4O6/c1-21(2)19-25(32)27(36)33-26(29(38)41-31(3,4)5)20-22-11-13-24(14-12-22)40-30(39)35-17-15-34(16-18-35)28(37)23-9-7-6-8-10-23/h6-14,21,25-26H,15-20,32H2,1-5H3,(H,33,36)/t25-,26-/m0/s1. The van der Waals surface area contributed by atoms with Crippen molar-refractivity contribution in [3.05, 3.63) is 65.7 Å². The minimum Gasteiger partial charge on any atom is -0.458 e. The number of nitrogens with zero attached hydrogens (tertiary/aromatic N) is 2. The van der Waals surface area contributed by atoms with E-state index in [0.717, 1.165) is 5.56 Å². The van der Waals surface area contributed by atoms with E-state index in [1.807, 2.05) is 32.0 Å². The molecule has 1 aliphatic heterocycles. The maximum Gasteiger partial charge on any atom is 0.415 e. The normalized spacial score (nSPS) is 15.2. The van der Waals surface area contributed by atoms with Crippen LogP contribution in [-0.4, -0.2) is 77.5 Å². The number of nitrogens with two attached hydrogens (primary N) is 1. The predicted molar refractivity (Wildman–Crippen MR) is 155 cm³/mol. The number of hydrogen-bond acceptors (Lipinski definition) is 7. The molecule has 1 aliphatic rings.